The van der Waals surface area contributed by atoms with Crippen molar-refractivity contribution in [2.75, 3.05) is 33.3 Å². The van der Waals surface area contributed by atoms with E-state index >= 15 is 0 Å². The summed E-state index contributed by atoms with van der Waals surface area (Å²) in [7, 11) is 1.46. The van der Waals surface area contributed by atoms with E-state index in [1.54, 1.807) is 0 Å². The fourth-order valence-electron chi connectivity index (χ4n) is 2.28. The predicted octanol–water partition coefficient (Wildman–Crippen LogP) is 1.68. The lowest BCUT2D eigenvalue weighted by atomic mass is 9.96. The van der Waals surface area contributed by atoms with Gasteiger partial charge in [0.05, 0.1) is 13.7 Å². The Morgan fingerprint density at radius 1 is 1.44 bits per heavy atom. The van der Waals surface area contributed by atoms with E-state index in [2.05, 4.69) is 24.1 Å². The van der Waals surface area contributed by atoms with Gasteiger partial charge in [-0.05, 0) is 45.2 Å². The SMILES string of the molecule is CCC(C)N(CC(=O)OC)CC1CCNCC1.Cl. The first-order valence-corrected chi connectivity index (χ1v) is 6.69. The number of ether oxygens (including phenoxy) is 1. The quantitative estimate of drug-likeness (QED) is 0.751. The summed E-state index contributed by atoms with van der Waals surface area (Å²) in [5.74, 6) is 0.592. The molecule has 1 saturated heterocycles. The molecule has 0 radical (unpaired) electrons. The van der Waals surface area contributed by atoms with Crippen molar-refractivity contribution in [1.29, 1.82) is 0 Å². The smallest absolute Gasteiger partial charge is 0.319 e. The van der Waals surface area contributed by atoms with Crippen LogP contribution < -0.4 is 5.32 Å². The Morgan fingerprint density at radius 2 is 2.06 bits per heavy atom. The number of hydrogen-bond donors (Lipinski definition) is 1. The second kappa shape index (κ2) is 9.59. The molecule has 18 heavy (non-hydrogen) atoms. The van der Waals surface area contributed by atoms with Gasteiger partial charge in [-0.15, -0.1) is 12.4 Å². The van der Waals surface area contributed by atoms with E-state index in [1.807, 2.05) is 0 Å². The highest BCUT2D eigenvalue weighted by atomic mass is 35.5. The number of carbonyl (C=O) groups excluding carboxylic acids is 1. The molecular formula is C13H27ClN2O2. The number of nitrogens with zero attached hydrogens (tertiary/aromatic N) is 1. The maximum absolute atomic E-state index is 11.4. The van der Waals surface area contributed by atoms with Gasteiger partial charge in [-0.1, -0.05) is 6.92 Å². The number of methoxy groups -OCH3 is 1. The van der Waals surface area contributed by atoms with Crippen molar-refractivity contribution in [2.45, 2.75) is 39.2 Å². The molecule has 1 heterocycles. The second-order valence-electron chi connectivity index (χ2n) is 4.96. The van der Waals surface area contributed by atoms with E-state index < -0.39 is 0 Å². The summed E-state index contributed by atoms with van der Waals surface area (Å²) >= 11 is 0. The first kappa shape index (κ1) is 17.7. The Labute approximate surface area is 117 Å². The number of piperidine rings is 1. The molecule has 0 bridgehead atoms. The minimum absolute atomic E-state index is 0. The maximum Gasteiger partial charge on any atom is 0.319 e. The van der Waals surface area contributed by atoms with Crippen LogP contribution >= 0.6 is 12.4 Å². The zero-order chi connectivity index (χ0) is 12.7. The number of nitrogens with one attached hydrogen (secondary N) is 1. The molecule has 5 heteroatoms. The third-order valence-electron chi connectivity index (χ3n) is 3.73. The maximum atomic E-state index is 11.4. The number of carbonyl (C=O) groups is 1. The third kappa shape index (κ3) is 6.03. The Morgan fingerprint density at radius 3 is 2.56 bits per heavy atom. The number of halogens is 1. The van der Waals surface area contributed by atoms with Gasteiger partial charge in [-0.25, -0.2) is 0 Å². The highest BCUT2D eigenvalue weighted by Crippen LogP contribution is 2.16. The van der Waals surface area contributed by atoms with Gasteiger partial charge in [0.2, 0.25) is 0 Å². The molecule has 1 aliphatic heterocycles. The molecule has 0 aromatic rings. The Kier molecular flexibility index (Phi) is 9.42. The summed E-state index contributed by atoms with van der Waals surface area (Å²) in [6.45, 7) is 8.01. The standard InChI is InChI=1S/C13H26N2O2.ClH/c1-4-11(2)15(10-13(16)17-3)9-12-5-7-14-8-6-12;/h11-12,14H,4-10H2,1-3H3;1H. The van der Waals surface area contributed by atoms with Crippen LogP contribution in [0.3, 0.4) is 0 Å². The normalized spacial score (nSPS) is 18.2. The minimum atomic E-state index is -0.126. The van der Waals surface area contributed by atoms with Crippen molar-refractivity contribution >= 4 is 18.4 Å². The highest BCUT2D eigenvalue weighted by molar-refractivity contribution is 5.85. The zero-order valence-corrected chi connectivity index (χ0v) is 12.6. The molecule has 1 atom stereocenters. The predicted molar refractivity (Wildman–Crippen MR) is 76.2 cm³/mol. The molecule has 108 valence electrons. The van der Waals surface area contributed by atoms with Crippen LogP contribution in [0.15, 0.2) is 0 Å². The van der Waals surface area contributed by atoms with Crippen molar-refractivity contribution in [2.24, 2.45) is 5.92 Å². The van der Waals surface area contributed by atoms with Crippen molar-refractivity contribution < 1.29 is 9.53 Å². The summed E-state index contributed by atoms with van der Waals surface area (Å²) in [4.78, 5) is 13.7. The van der Waals surface area contributed by atoms with E-state index in [1.165, 1.54) is 20.0 Å². The molecule has 1 N–H and O–H groups in total. The molecule has 0 aromatic carbocycles. The molecule has 1 unspecified atom stereocenters. The van der Waals surface area contributed by atoms with Crippen LogP contribution in [-0.2, 0) is 9.53 Å². The van der Waals surface area contributed by atoms with Gasteiger partial charge in [0.25, 0.3) is 0 Å². The van der Waals surface area contributed by atoms with Gasteiger partial charge >= 0.3 is 5.97 Å². The summed E-state index contributed by atoms with van der Waals surface area (Å²) in [6, 6.07) is 0.448. The highest BCUT2D eigenvalue weighted by Gasteiger charge is 2.22. The second-order valence-corrected chi connectivity index (χ2v) is 4.96. The molecular weight excluding hydrogens is 252 g/mol. The van der Waals surface area contributed by atoms with Crippen molar-refractivity contribution in [1.82, 2.24) is 10.2 Å². The average molecular weight is 279 g/mol. The summed E-state index contributed by atoms with van der Waals surface area (Å²) in [5, 5.41) is 3.37. The molecule has 4 nitrogen and oxygen atoms in total. The lowest BCUT2D eigenvalue weighted by molar-refractivity contribution is -0.142. The summed E-state index contributed by atoms with van der Waals surface area (Å²) < 4.78 is 4.77. The third-order valence-corrected chi connectivity index (χ3v) is 3.73. The summed E-state index contributed by atoms with van der Waals surface area (Å²) in [5.41, 5.74) is 0. The lowest BCUT2D eigenvalue weighted by Gasteiger charge is -2.33. The van der Waals surface area contributed by atoms with Crippen molar-refractivity contribution in [3.63, 3.8) is 0 Å². The van der Waals surface area contributed by atoms with Crippen LogP contribution in [0.25, 0.3) is 0 Å². The van der Waals surface area contributed by atoms with Crippen LogP contribution in [-0.4, -0.2) is 50.2 Å². The Bertz CT molecular complexity index is 233. The molecule has 0 aliphatic carbocycles. The van der Waals surface area contributed by atoms with E-state index in [0.29, 0.717) is 12.6 Å². The van der Waals surface area contributed by atoms with Crippen molar-refractivity contribution in [3.8, 4) is 0 Å². The van der Waals surface area contributed by atoms with E-state index in [9.17, 15) is 4.79 Å². The fraction of sp³-hybridized carbons (Fsp3) is 0.923. The largest absolute Gasteiger partial charge is 0.468 e. The zero-order valence-electron chi connectivity index (χ0n) is 11.8. The van der Waals surface area contributed by atoms with E-state index in [4.69, 9.17) is 4.74 Å². The van der Waals surface area contributed by atoms with E-state index in [-0.39, 0.29) is 18.4 Å². The van der Waals surface area contributed by atoms with Crippen LogP contribution in [0.5, 0.6) is 0 Å². The van der Waals surface area contributed by atoms with Crippen LogP contribution in [0.2, 0.25) is 0 Å². The molecule has 0 aromatic heterocycles. The first-order chi connectivity index (χ1) is 8.17. The molecule has 0 amide bonds. The number of rotatable bonds is 6. The van der Waals surface area contributed by atoms with Crippen LogP contribution in [0, 0.1) is 5.92 Å². The Hall–Kier alpha value is -0.320. The molecule has 1 fully saturated rings. The fourth-order valence-corrected chi connectivity index (χ4v) is 2.28. The molecule has 0 saturated carbocycles. The van der Waals surface area contributed by atoms with Crippen molar-refractivity contribution in [3.05, 3.63) is 0 Å². The van der Waals surface area contributed by atoms with Gasteiger partial charge in [0.1, 0.15) is 0 Å². The summed E-state index contributed by atoms with van der Waals surface area (Å²) in [6.07, 6.45) is 3.50. The van der Waals surface area contributed by atoms with E-state index in [0.717, 1.165) is 32.0 Å². The topological polar surface area (TPSA) is 41.6 Å². The lowest BCUT2D eigenvalue weighted by Crippen LogP contribution is -2.43. The Balaban J connectivity index is 0.00000289. The van der Waals surface area contributed by atoms with Gasteiger partial charge in [0, 0.05) is 12.6 Å². The molecule has 1 rings (SSSR count). The average Bonchev–Trinajstić information content (AvgIpc) is 2.38. The van der Waals surface area contributed by atoms with Crippen LogP contribution in [0.1, 0.15) is 33.1 Å². The molecule has 1 aliphatic rings. The van der Waals surface area contributed by atoms with Gasteiger partial charge in [-0.3, -0.25) is 9.69 Å². The first-order valence-electron chi connectivity index (χ1n) is 6.69. The number of hydrogen-bond acceptors (Lipinski definition) is 4. The number of esters is 1. The van der Waals surface area contributed by atoms with Gasteiger partial charge in [-0.2, -0.15) is 0 Å². The minimum Gasteiger partial charge on any atom is -0.468 e. The van der Waals surface area contributed by atoms with Gasteiger partial charge < -0.3 is 10.1 Å². The van der Waals surface area contributed by atoms with Crippen LogP contribution in [0.4, 0.5) is 0 Å². The molecule has 0 spiro atoms. The van der Waals surface area contributed by atoms with Gasteiger partial charge in [0.15, 0.2) is 0 Å². The monoisotopic (exact) mass is 278 g/mol.